The molecule has 2 rings (SSSR count). The minimum Gasteiger partial charge on any atom is -0.495 e. The number of benzene rings is 1. The van der Waals surface area contributed by atoms with Gasteiger partial charge in [-0.1, -0.05) is 25.4 Å². The topological polar surface area (TPSA) is 103 Å². The van der Waals surface area contributed by atoms with Gasteiger partial charge in [0, 0.05) is 18.2 Å². The van der Waals surface area contributed by atoms with Crippen LogP contribution in [0.2, 0.25) is 5.02 Å². The summed E-state index contributed by atoms with van der Waals surface area (Å²) in [6.45, 7) is 4.39. The second-order valence-electron chi connectivity index (χ2n) is 5.37. The standard InChI is InChI=1S/C16H21ClN4O3/c1-9(2)10-6-13(23-3)11(17)7-12(10)24-14-8-20-16(19-4-5-22)21-15(14)18/h6-9,22H,4-5H2,1-3H3,(H3,18,19,20,21). The molecule has 1 aromatic heterocycles. The second-order valence-corrected chi connectivity index (χ2v) is 5.78. The number of nitrogens with zero attached hydrogens (tertiary/aromatic N) is 2. The van der Waals surface area contributed by atoms with Crippen LogP contribution in [0.3, 0.4) is 0 Å². The van der Waals surface area contributed by atoms with Gasteiger partial charge < -0.3 is 25.6 Å². The van der Waals surface area contributed by atoms with Crippen molar-refractivity contribution in [2.75, 3.05) is 31.3 Å². The van der Waals surface area contributed by atoms with E-state index in [0.717, 1.165) is 5.56 Å². The van der Waals surface area contributed by atoms with E-state index >= 15 is 0 Å². The molecule has 0 atom stereocenters. The van der Waals surface area contributed by atoms with Gasteiger partial charge in [0.1, 0.15) is 11.5 Å². The van der Waals surface area contributed by atoms with Gasteiger partial charge in [-0.3, -0.25) is 0 Å². The van der Waals surface area contributed by atoms with Crippen molar-refractivity contribution in [2.45, 2.75) is 19.8 Å². The lowest BCUT2D eigenvalue weighted by molar-refractivity contribution is 0.311. The van der Waals surface area contributed by atoms with Crippen molar-refractivity contribution in [3.63, 3.8) is 0 Å². The third kappa shape index (κ3) is 4.18. The predicted octanol–water partition coefficient (Wildman–Crippen LogP) is 3.04. The number of nitrogen functional groups attached to an aromatic ring is 1. The van der Waals surface area contributed by atoms with Gasteiger partial charge in [0.25, 0.3) is 0 Å². The van der Waals surface area contributed by atoms with E-state index in [9.17, 15) is 0 Å². The number of halogens is 1. The SMILES string of the molecule is COc1cc(C(C)C)c(Oc2cnc(NCCO)nc2N)cc1Cl. The van der Waals surface area contributed by atoms with Crippen LogP contribution in [0.15, 0.2) is 18.3 Å². The molecule has 0 unspecified atom stereocenters. The molecule has 1 heterocycles. The van der Waals surface area contributed by atoms with Crippen molar-refractivity contribution in [3.8, 4) is 17.2 Å². The molecule has 0 saturated heterocycles. The number of hydrogen-bond acceptors (Lipinski definition) is 7. The molecule has 0 saturated carbocycles. The highest BCUT2D eigenvalue weighted by atomic mass is 35.5. The van der Waals surface area contributed by atoms with E-state index in [2.05, 4.69) is 15.3 Å². The van der Waals surface area contributed by atoms with Crippen LogP contribution in [0.1, 0.15) is 25.3 Å². The first-order valence-corrected chi connectivity index (χ1v) is 7.86. The first kappa shape index (κ1) is 18.1. The molecule has 0 radical (unpaired) electrons. The minimum atomic E-state index is -0.0242. The second kappa shape index (κ2) is 8.03. The molecule has 0 aliphatic rings. The first-order chi connectivity index (χ1) is 11.5. The highest BCUT2D eigenvalue weighted by molar-refractivity contribution is 6.32. The Hall–Kier alpha value is -2.25. The molecule has 1 aromatic carbocycles. The van der Waals surface area contributed by atoms with Crippen LogP contribution in [-0.2, 0) is 0 Å². The molecule has 0 spiro atoms. The van der Waals surface area contributed by atoms with Gasteiger partial charge in [-0.05, 0) is 12.0 Å². The largest absolute Gasteiger partial charge is 0.495 e. The molecular formula is C16H21ClN4O3. The molecule has 0 bridgehead atoms. The third-order valence-corrected chi connectivity index (χ3v) is 3.60. The zero-order valence-electron chi connectivity index (χ0n) is 13.8. The summed E-state index contributed by atoms with van der Waals surface area (Å²) < 4.78 is 11.1. The fourth-order valence-electron chi connectivity index (χ4n) is 2.08. The Morgan fingerprint density at radius 1 is 1.29 bits per heavy atom. The number of nitrogens with two attached hydrogens (primary N) is 1. The summed E-state index contributed by atoms with van der Waals surface area (Å²) in [6.07, 6.45) is 1.48. The average molecular weight is 353 g/mol. The molecule has 8 heteroatoms. The van der Waals surface area contributed by atoms with Gasteiger partial charge in [-0.2, -0.15) is 4.98 Å². The summed E-state index contributed by atoms with van der Waals surface area (Å²) in [7, 11) is 1.57. The van der Waals surface area contributed by atoms with Crippen molar-refractivity contribution >= 4 is 23.4 Å². The Kier molecular flexibility index (Phi) is 6.05. The number of hydrogen-bond donors (Lipinski definition) is 3. The van der Waals surface area contributed by atoms with Crippen LogP contribution in [-0.4, -0.2) is 35.3 Å². The van der Waals surface area contributed by atoms with Crippen molar-refractivity contribution in [3.05, 3.63) is 28.9 Å². The zero-order chi connectivity index (χ0) is 17.7. The summed E-state index contributed by atoms with van der Waals surface area (Å²) in [5.74, 6) is 2.19. The molecular weight excluding hydrogens is 332 g/mol. The summed E-state index contributed by atoms with van der Waals surface area (Å²) >= 11 is 6.19. The number of methoxy groups -OCH3 is 1. The Morgan fingerprint density at radius 3 is 2.62 bits per heavy atom. The maximum absolute atomic E-state index is 8.80. The molecule has 4 N–H and O–H groups in total. The van der Waals surface area contributed by atoms with Crippen LogP contribution < -0.4 is 20.5 Å². The Morgan fingerprint density at radius 2 is 2.04 bits per heavy atom. The molecule has 0 fully saturated rings. The molecule has 0 amide bonds. The van der Waals surface area contributed by atoms with Gasteiger partial charge >= 0.3 is 0 Å². The third-order valence-electron chi connectivity index (χ3n) is 3.30. The summed E-state index contributed by atoms with van der Waals surface area (Å²) in [5, 5.41) is 12.1. The lowest BCUT2D eigenvalue weighted by Gasteiger charge is -2.17. The molecule has 7 nitrogen and oxygen atoms in total. The number of aromatic nitrogens is 2. The fraction of sp³-hybridized carbons (Fsp3) is 0.375. The van der Waals surface area contributed by atoms with Gasteiger partial charge in [0.2, 0.25) is 5.95 Å². The van der Waals surface area contributed by atoms with Crippen molar-refractivity contribution in [1.29, 1.82) is 0 Å². The van der Waals surface area contributed by atoms with E-state index in [-0.39, 0.29) is 18.3 Å². The smallest absolute Gasteiger partial charge is 0.224 e. The van der Waals surface area contributed by atoms with E-state index in [4.69, 9.17) is 31.9 Å². The summed E-state index contributed by atoms with van der Waals surface area (Å²) in [5.41, 5.74) is 6.85. The quantitative estimate of drug-likeness (QED) is 0.703. The van der Waals surface area contributed by atoms with Crippen LogP contribution >= 0.6 is 11.6 Å². The van der Waals surface area contributed by atoms with Crippen LogP contribution in [0.25, 0.3) is 0 Å². The number of ether oxygens (including phenoxy) is 2. The van der Waals surface area contributed by atoms with E-state index in [1.54, 1.807) is 13.2 Å². The summed E-state index contributed by atoms with van der Waals surface area (Å²) in [4.78, 5) is 8.21. The fourth-order valence-corrected chi connectivity index (χ4v) is 2.31. The Balaban J connectivity index is 2.32. The monoisotopic (exact) mass is 352 g/mol. The molecule has 130 valence electrons. The molecule has 0 aliphatic heterocycles. The lowest BCUT2D eigenvalue weighted by atomic mass is 10.0. The highest BCUT2D eigenvalue weighted by Crippen LogP contribution is 2.39. The van der Waals surface area contributed by atoms with Crippen molar-refractivity contribution in [2.24, 2.45) is 0 Å². The van der Waals surface area contributed by atoms with Crippen LogP contribution in [0, 0.1) is 0 Å². The number of rotatable bonds is 7. The van der Waals surface area contributed by atoms with Crippen molar-refractivity contribution < 1.29 is 14.6 Å². The van der Waals surface area contributed by atoms with E-state index in [1.807, 2.05) is 19.9 Å². The highest BCUT2D eigenvalue weighted by Gasteiger charge is 2.16. The predicted molar refractivity (Wildman–Crippen MR) is 94.2 cm³/mol. The molecule has 24 heavy (non-hydrogen) atoms. The zero-order valence-corrected chi connectivity index (χ0v) is 14.6. The maximum Gasteiger partial charge on any atom is 0.224 e. The van der Waals surface area contributed by atoms with Gasteiger partial charge in [-0.25, -0.2) is 4.98 Å². The number of anilines is 2. The maximum atomic E-state index is 8.80. The van der Waals surface area contributed by atoms with Gasteiger partial charge in [0.15, 0.2) is 11.6 Å². The summed E-state index contributed by atoms with van der Waals surface area (Å²) in [6, 6.07) is 3.53. The molecule has 0 aliphatic carbocycles. The number of aliphatic hydroxyl groups excluding tert-OH is 1. The number of nitrogens with one attached hydrogen (secondary N) is 1. The average Bonchev–Trinajstić information content (AvgIpc) is 2.55. The van der Waals surface area contributed by atoms with Crippen LogP contribution in [0.5, 0.6) is 17.2 Å². The van der Waals surface area contributed by atoms with Gasteiger partial charge in [0.05, 0.1) is 24.9 Å². The number of aliphatic hydroxyl groups is 1. The molecule has 2 aromatic rings. The Bertz CT molecular complexity index is 710. The Labute approximate surface area is 145 Å². The first-order valence-electron chi connectivity index (χ1n) is 7.48. The van der Waals surface area contributed by atoms with Gasteiger partial charge in [-0.15, -0.1) is 0 Å². The van der Waals surface area contributed by atoms with E-state index in [0.29, 0.717) is 34.8 Å². The van der Waals surface area contributed by atoms with Crippen molar-refractivity contribution in [1.82, 2.24) is 9.97 Å². The van der Waals surface area contributed by atoms with Crippen LogP contribution in [0.4, 0.5) is 11.8 Å². The lowest BCUT2D eigenvalue weighted by Crippen LogP contribution is -2.10. The minimum absolute atomic E-state index is 0.0242. The van der Waals surface area contributed by atoms with E-state index < -0.39 is 0 Å². The van der Waals surface area contributed by atoms with E-state index in [1.165, 1.54) is 6.20 Å². The normalized spacial score (nSPS) is 10.8.